The van der Waals surface area contributed by atoms with Crippen LogP contribution in [0.25, 0.3) is 0 Å². The van der Waals surface area contributed by atoms with Crippen LogP contribution in [0.5, 0.6) is 0 Å². The molecule has 17 nitrogen and oxygen atoms in total. The van der Waals surface area contributed by atoms with Crippen molar-refractivity contribution in [3.05, 3.63) is 221 Å². The van der Waals surface area contributed by atoms with Crippen molar-refractivity contribution in [2.75, 3.05) is 35.5 Å². The highest BCUT2D eigenvalue weighted by Crippen LogP contribution is 2.38. The van der Waals surface area contributed by atoms with Gasteiger partial charge in [-0.3, -0.25) is 50.6 Å². The molecule has 0 aliphatic rings. The Kier molecular flexibility index (Phi) is 50.1. The fourth-order valence-corrected chi connectivity index (χ4v) is 17.7. The van der Waals surface area contributed by atoms with E-state index in [9.17, 15) is 50.6 Å². The molecule has 90 heavy (non-hydrogen) atoms. The first-order valence-corrected chi connectivity index (χ1v) is 43.6. The molecular formula is C59H73N7O10S14. The number of unbranched alkanes of at least 4 members (excludes halogenated alkanes) is 1. The molecular weight excluding hydrogens is 1420 g/mol. The number of hydrogen-bond acceptors (Lipinski definition) is 26. The summed E-state index contributed by atoms with van der Waals surface area (Å²) in [6, 6.07) is 47.0. The third-order valence-corrected chi connectivity index (χ3v) is 26.6. The van der Waals surface area contributed by atoms with Crippen LogP contribution in [0.15, 0.2) is 204 Å². The van der Waals surface area contributed by atoms with E-state index in [0.717, 1.165) is 65.3 Å². The molecule has 7 aromatic rings. The monoisotopic (exact) mass is 1490 g/mol. The van der Waals surface area contributed by atoms with Crippen molar-refractivity contribution in [2.24, 2.45) is 0 Å². The lowest BCUT2D eigenvalue weighted by molar-refractivity contribution is -0.385. The second kappa shape index (κ2) is 53.5. The summed E-state index contributed by atoms with van der Waals surface area (Å²) in [4.78, 5) is 60.6. The lowest BCUT2D eigenvalue weighted by atomic mass is 10.3. The van der Waals surface area contributed by atoms with Crippen LogP contribution in [0.1, 0.15) is 74.1 Å². The molecule has 0 fully saturated rings. The maximum atomic E-state index is 10.4. The Bertz CT molecular complexity index is 3050. The molecule has 0 spiro atoms. The lowest BCUT2D eigenvalue weighted by Gasteiger charge is -2.06. The number of pyridine rings is 1. The number of nitrogens with two attached hydrogens (primary N) is 1. The van der Waals surface area contributed by atoms with Gasteiger partial charge in [-0.05, 0) is 140 Å². The molecule has 0 bridgehead atoms. The quantitative estimate of drug-likeness (QED) is 0.0157. The van der Waals surface area contributed by atoms with Gasteiger partial charge < -0.3 is 5.73 Å². The standard InChI is InChI=1S/2C10H13NO2S2.2C9H11NO2S2.C8H9NO2S2.C7H9NS2.C6H7NS2/c1-3-8(2)14-15-10-6-4-9(5-7-10)11(12)13;1-2-3-8-14-15-10-6-4-9(5-7-10)11(12)13;1-7(2)13-14-9-5-3-8(4-6-9)10(11)12;1-2-7-13-14-9-5-3-8(4-6-9)10(11)12;1-2-12-13-8-5-3-7(4-6-8)9(10)11;1-9-10-7-4-2-6(8)3-5-7;1-8-9-6-4-2-3-5-7-6/h4-8H,3H2,1-2H3;4-7H,2-3,8H2,1H3;3-7H,1-2H3;3-6H,2,7H2,1H3;3-6H,2H2,1H3;2-5H,8H2,1H3;2-5H,1H3. The topological polar surface area (TPSA) is 255 Å². The Morgan fingerprint density at radius 3 is 1.07 bits per heavy atom. The van der Waals surface area contributed by atoms with Gasteiger partial charge in [0.15, 0.2) is 0 Å². The summed E-state index contributed by atoms with van der Waals surface area (Å²) in [6.07, 6.45) is 10.6. The Labute approximate surface area is 584 Å². The first kappa shape index (κ1) is 84.2. The third-order valence-electron chi connectivity index (χ3n) is 9.78. The smallest absolute Gasteiger partial charge is 0.269 e. The van der Waals surface area contributed by atoms with Crippen LogP contribution in [0.2, 0.25) is 0 Å². The number of nitrogen functional groups attached to an aromatic ring is 1. The molecule has 1 heterocycles. The number of nitrogens with zero attached hydrogens (tertiary/aromatic N) is 6. The van der Waals surface area contributed by atoms with Gasteiger partial charge in [0, 0.05) is 130 Å². The van der Waals surface area contributed by atoms with E-state index in [-0.39, 0.29) is 53.1 Å². The summed E-state index contributed by atoms with van der Waals surface area (Å²) in [5.41, 5.74) is 7.06. The van der Waals surface area contributed by atoms with Crippen LogP contribution < -0.4 is 5.73 Å². The van der Waals surface area contributed by atoms with Crippen LogP contribution in [0, 0.1) is 50.6 Å². The molecule has 1 aromatic heterocycles. The maximum absolute atomic E-state index is 10.4. The number of non-ortho nitro benzene ring substituents is 5. The largest absolute Gasteiger partial charge is 0.399 e. The molecule has 6 aromatic carbocycles. The van der Waals surface area contributed by atoms with E-state index in [1.165, 1.54) is 54.1 Å². The van der Waals surface area contributed by atoms with Gasteiger partial charge in [0.05, 0.1) is 24.6 Å². The Balaban J connectivity index is 0.000000528. The Morgan fingerprint density at radius 1 is 0.411 bits per heavy atom. The first-order valence-electron chi connectivity index (χ1n) is 27.1. The molecule has 0 amide bonds. The van der Waals surface area contributed by atoms with Crippen molar-refractivity contribution in [1.29, 1.82) is 0 Å². The third kappa shape index (κ3) is 42.4. The molecule has 0 aliphatic heterocycles. The van der Waals surface area contributed by atoms with E-state index in [1.807, 2.05) is 48.7 Å². The van der Waals surface area contributed by atoms with E-state index >= 15 is 0 Å². The van der Waals surface area contributed by atoms with Crippen LogP contribution in [-0.4, -0.2) is 69.9 Å². The SMILES string of the molecule is CC(C)SSc1ccc([N+](=O)[O-])cc1.CCC(C)SSc1ccc([N+](=O)[O-])cc1.CCCCSSc1ccc([N+](=O)[O-])cc1.CCCSSc1ccc([N+](=O)[O-])cc1.CCSSc1ccc([N+](=O)[O-])cc1.CSSc1ccc(N)cc1.CSSc1ccccn1. The average Bonchev–Trinajstić information content (AvgIpc) is 3.63. The average molecular weight is 1490 g/mol. The van der Waals surface area contributed by atoms with Crippen molar-refractivity contribution in [1.82, 2.24) is 4.98 Å². The predicted octanol–water partition coefficient (Wildman–Crippen LogP) is 24.2. The number of nitro benzene ring substituents is 5. The van der Waals surface area contributed by atoms with Gasteiger partial charge in [-0.25, -0.2) is 4.98 Å². The van der Waals surface area contributed by atoms with Gasteiger partial charge in [-0.1, -0.05) is 201 Å². The van der Waals surface area contributed by atoms with E-state index in [2.05, 4.69) is 59.7 Å². The zero-order chi connectivity index (χ0) is 66.9. The summed E-state index contributed by atoms with van der Waals surface area (Å²) in [7, 11) is 24.0. The van der Waals surface area contributed by atoms with Crippen molar-refractivity contribution in [3.8, 4) is 0 Å². The van der Waals surface area contributed by atoms with Crippen molar-refractivity contribution in [3.63, 3.8) is 0 Å². The molecule has 0 aliphatic carbocycles. The van der Waals surface area contributed by atoms with Gasteiger partial charge in [0.2, 0.25) is 0 Å². The molecule has 1 unspecified atom stereocenters. The first-order chi connectivity index (χ1) is 43.2. The highest BCUT2D eigenvalue weighted by molar-refractivity contribution is 8.78. The Morgan fingerprint density at radius 2 is 0.756 bits per heavy atom. The van der Waals surface area contributed by atoms with E-state index < -0.39 is 0 Å². The fraction of sp³-hybridized carbons (Fsp3) is 0.305. The summed E-state index contributed by atoms with van der Waals surface area (Å²) >= 11 is 0. The molecule has 0 radical (unpaired) electrons. The van der Waals surface area contributed by atoms with Gasteiger partial charge >= 0.3 is 0 Å². The summed E-state index contributed by atoms with van der Waals surface area (Å²) in [5.74, 6) is 3.25. The summed E-state index contributed by atoms with van der Waals surface area (Å²) in [6.45, 7) is 14.9. The maximum Gasteiger partial charge on any atom is 0.269 e. The molecule has 31 heteroatoms. The molecule has 488 valence electrons. The van der Waals surface area contributed by atoms with Gasteiger partial charge in [-0.2, -0.15) is 0 Å². The zero-order valence-electron chi connectivity index (χ0n) is 50.8. The highest BCUT2D eigenvalue weighted by atomic mass is 33.1. The van der Waals surface area contributed by atoms with Crippen LogP contribution >= 0.6 is 151 Å². The van der Waals surface area contributed by atoms with E-state index in [4.69, 9.17) is 5.73 Å². The van der Waals surface area contributed by atoms with E-state index in [0.29, 0.717) is 10.5 Å². The lowest BCUT2D eigenvalue weighted by Crippen LogP contribution is -1.89. The summed E-state index contributed by atoms with van der Waals surface area (Å²) in [5, 5.41) is 54.1. The second-order valence-electron chi connectivity index (χ2n) is 17.3. The van der Waals surface area contributed by atoms with Gasteiger partial charge in [0.1, 0.15) is 5.03 Å². The molecule has 7 rings (SSSR count). The predicted molar refractivity (Wildman–Crippen MR) is 407 cm³/mol. The number of aromatic nitrogens is 1. The van der Waals surface area contributed by atoms with Gasteiger partial charge in [0.25, 0.3) is 28.4 Å². The normalized spacial score (nSPS) is 10.4. The molecule has 0 saturated carbocycles. The number of nitro groups is 5. The second-order valence-corrected chi connectivity index (χ2v) is 35.4. The number of anilines is 1. The number of rotatable bonds is 28. The zero-order valence-corrected chi connectivity index (χ0v) is 62.3. The fourth-order valence-electron chi connectivity index (χ4n) is 5.21. The van der Waals surface area contributed by atoms with Gasteiger partial charge in [-0.15, -0.1) is 0 Å². The van der Waals surface area contributed by atoms with Crippen LogP contribution in [0.3, 0.4) is 0 Å². The molecule has 0 saturated heterocycles. The minimum absolute atomic E-state index is 0.142. The van der Waals surface area contributed by atoms with E-state index in [1.54, 1.807) is 242 Å². The van der Waals surface area contributed by atoms with Crippen LogP contribution in [-0.2, 0) is 0 Å². The van der Waals surface area contributed by atoms with Crippen molar-refractivity contribution in [2.45, 2.75) is 119 Å². The highest BCUT2D eigenvalue weighted by Gasteiger charge is 2.09. The Hall–Kier alpha value is -3.83. The molecule has 1 atom stereocenters. The minimum Gasteiger partial charge on any atom is -0.399 e. The number of hydrogen-bond donors (Lipinski definition) is 1. The molecule has 2 N–H and O–H groups in total. The summed E-state index contributed by atoms with van der Waals surface area (Å²) < 4.78 is 0. The van der Waals surface area contributed by atoms with Crippen LogP contribution in [0.4, 0.5) is 34.1 Å². The number of benzene rings is 6. The van der Waals surface area contributed by atoms with Crippen molar-refractivity contribution >= 4 is 185 Å². The van der Waals surface area contributed by atoms with Crippen molar-refractivity contribution < 1.29 is 24.6 Å². The minimum atomic E-state index is -0.387.